The van der Waals surface area contributed by atoms with E-state index in [9.17, 15) is 0 Å². The fraction of sp³-hybridized carbons (Fsp3) is 0.400. The highest BCUT2D eigenvalue weighted by molar-refractivity contribution is 9.24. The van der Waals surface area contributed by atoms with E-state index in [1.165, 1.54) is 5.54 Å². The number of alkyl halides is 4. The maximum absolute atomic E-state index is 6.10. The maximum atomic E-state index is 6.10. The van der Waals surface area contributed by atoms with Crippen molar-refractivity contribution in [3.63, 3.8) is 0 Å². The van der Waals surface area contributed by atoms with Crippen LogP contribution in [0.4, 0.5) is 0 Å². The first kappa shape index (κ1) is 16.1. The number of allylic oxidation sites excluding steroid dienone is 4. The van der Waals surface area contributed by atoms with Crippen LogP contribution in [0.25, 0.3) is 0 Å². The molecule has 0 aromatic heterocycles. The second-order valence-electron chi connectivity index (χ2n) is 3.03. The summed E-state index contributed by atoms with van der Waals surface area (Å²) in [5.41, 5.74) is 2.33. The zero-order chi connectivity index (χ0) is 12.1. The topological polar surface area (TPSA) is 0 Å². The molecule has 86 valence electrons. The molecule has 0 aliphatic carbocycles. The molecule has 0 fully saturated rings. The second kappa shape index (κ2) is 7.39. The molecule has 0 rings (SSSR count). The van der Waals surface area contributed by atoms with Gasteiger partial charge in [0.2, 0.25) is 0 Å². The van der Waals surface area contributed by atoms with Gasteiger partial charge in [0, 0.05) is 5.54 Å². The molecule has 0 saturated carbocycles. The van der Waals surface area contributed by atoms with Crippen LogP contribution in [0.1, 0.15) is 6.92 Å². The summed E-state index contributed by atoms with van der Waals surface area (Å²) in [7, 11) is 0. The fourth-order valence-corrected chi connectivity index (χ4v) is 1.96. The Bertz CT molecular complexity index is 270. The van der Waals surface area contributed by atoms with Gasteiger partial charge in [-0.05, 0) is 12.5 Å². The van der Waals surface area contributed by atoms with Gasteiger partial charge < -0.3 is 0 Å². The Kier molecular flexibility index (Phi) is 7.91. The van der Waals surface area contributed by atoms with Gasteiger partial charge in [0.15, 0.2) is 0 Å². The maximum Gasteiger partial charge on any atom is 0.0954 e. The van der Waals surface area contributed by atoms with Crippen molar-refractivity contribution >= 4 is 66.7 Å². The molecule has 0 aliphatic heterocycles. The van der Waals surface area contributed by atoms with E-state index in [-0.39, 0.29) is 9.11 Å². The lowest BCUT2D eigenvalue weighted by molar-refractivity contribution is 0.801. The molecule has 2 unspecified atom stereocenters. The number of rotatable bonds is 5. The average Bonchev–Trinajstić information content (AvgIpc) is 2.17. The highest BCUT2D eigenvalue weighted by Gasteiger charge is 2.24. The van der Waals surface area contributed by atoms with Crippen molar-refractivity contribution in [3.05, 3.63) is 35.9 Å². The molecule has 0 nitrogen and oxygen atoms in total. The Morgan fingerprint density at radius 3 is 2.33 bits per heavy atom. The summed E-state index contributed by atoms with van der Waals surface area (Å²) in [6, 6.07) is 0. The molecular weight excluding hydrogens is 386 g/mol. The van der Waals surface area contributed by atoms with Crippen LogP contribution < -0.4 is 0 Å². The smallest absolute Gasteiger partial charge is 0.0954 e. The van der Waals surface area contributed by atoms with Crippen molar-refractivity contribution in [3.8, 4) is 0 Å². The van der Waals surface area contributed by atoms with Crippen molar-refractivity contribution in [2.75, 3.05) is 0 Å². The largest absolute Gasteiger partial charge is 0.116 e. The first-order valence-electron chi connectivity index (χ1n) is 4.08. The van der Waals surface area contributed by atoms with Crippen molar-refractivity contribution in [2.45, 2.75) is 20.9 Å². The monoisotopic (exact) mass is 394 g/mol. The van der Waals surface area contributed by atoms with Gasteiger partial charge in [-0.1, -0.05) is 61.7 Å². The third-order valence-corrected chi connectivity index (χ3v) is 4.18. The molecule has 0 saturated heterocycles. The Balaban J connectivity index is 4.60. The molecule has 0 aromatic rings. The first-order valence-corrected chi connectivity index (χ1v) is 7.16. The summed E-state index contributed by atoms with van der Waals surface area (Å²) in [6.07, 6.45) is 5.20. The van der Waals surface area contributed by atoms with Crippen LogP contribution in [0.3, 0.4) is 0 Å². The predicted molar refractivity (Wildman–Crippen MR) is 78.8 cm³/mol. The normalized spacial score (nSPS) is 19.3. The van der Waals surface area contributed by atoms with Gasteiger partial charge in [-0.2, -0.15) is 0 Å². The van der Waals surface area contributed by atoms with E-state index in [4.69, 9.17) is 34.8 Å². The zero-order valence-electron chi connectivity index (χ0n) is 8.06. The second-order valence-corrected chi connectivity index (χ2v) is 7.59. The van der Waals surface area contributed by atoms with Crippen LogP contribution in [-0.2, 0) is 0 Å². The quantitative estimate of drug-likeness (QED) is 0.323. The molecule has 0 radical (unpaired) electrons. The van der Waals surface area contributed by atoms with E-state index >= 15 is 0 Å². The summed E-state index contributed by atoms with van der Waals surface area (Å²) in [5.74, 6) is 0. The van der Waals surface area contributed by atoms with E-state index in [0.717, 1.165) is 5.57 Å². The Hall–Kier alpha value is 1.05. The minimum absolute atomic E-state index is 0.00655. The van der Waals surface area contributed by atoms with Crippen LogP contribution >= 0.6 is 66.7 Å². The Morgan fingerprint density at radius 2 is 2.00 bits per heavy atom. The Morgan fingerprint density at radius 1 is 1.47 bits per heavy atom. The molecular formula is C10H11Br2Cl3. The summed E-state index contributed by atoms with van der Waals surface area (Å²) in [6.45, 7) is 5.43. The minimum Gasteiger partial charge on any atom is -0.116 e. The molecule has 5 heteroatoms. The van der Waals surface area contributed by atoms with Crippen molar-refractivity contribution in [1.82, 2.24) is 0 Å². The molecule has 0 N–H and O–H groups in total. The lowest BCUT2D eigenvalue weighted by atomic mass is 10.1. The molecule has 0 bridgehead atoms. The van der Waals surface area contributed by atoms with E-state index in [2.05, 4.69) is 38.4 Å². The molecule has 15 heavy (non-hydrogen) atoms. The lowest BCUT2D eigenvalue weighted by Gasteiger charge is -2.20. The average molecular weight is 397 g/mol. The SMILES string of the molecule is C=CC(C)(Cl)C(Cl)C=CC(=CCl)C(Br)Br. The van der Waals surface area contributed by atoms with Gasteiger partial charge in [-0.3, -0.25) is 0 Å². The van der Waals surface area contributed by atoms with E-state index < -0.39 is 4.87 Å². The summed E-state index contributed by atoms with van der Waals surface area (Å²) in [4.78, 5) is -0.663. The highest BCUT2D eigenvalue weighted by Crippen LogP contribution is 2.28. The lowest BCUT2D eigenvalue weighted by Crippen LogP contribution is -2.24. The van der Waals surface area contributed by atoms with Crippen LogP contribution in [0.15, 0.2) is 35.9 Å². The van der Waals surface area contributed by atoms with Crippen molar-refractivity contribution < 1.29 is 0 Å². The Labute approximate surface area is 123 Å². The zero-order valence-corrected chi connectivity index (χ0v) is 13.5. The third kappa shape index (κ3) is 5.78. The number of hydrogen-bond acceptors (Lipinski definition) is 0. The van der Waals surface area contributed by atoms with Gasteiger partial charge in [0.1, 0.15) is 0 Å². The van der Waals surface area contributed by atoms with Crippen LogP contribution in [0.5, 0.6) is 0 Å². The number of halogens is 5. The van der Waals surface area contributed by atoms with E-state index in [1.807, 2.05) is 6.08 Å². The van der Waals surface area contributed by atoms with E-state index in [1.54, 1.807) is 19.1 Å². The van der Waals surface area contributed by atoms with Crippen molar-refractivity contribution in [1.29, 1.82) is 0 Å². The van der Waals surface area contributed by atoms with Crippen LogP contribution in [0.2, 0.25) is 0 Å². The number of hydrogen-bond donors (Lipinski definition) is 0. The van der Waals surface area contributed by atoms with Gasteiger partial charge >= 0.3 is 0 Å². The molecule has 0 aliphatic rings. The summed E-state index contributed by atoms with van der Waals surface area (Å²) < 4.78 is -0.00655. The predicted octanol–water partition coefficient (Wildman–Crippen LogP) is 5.57. The molecule has 0 amide bonds. The fourth-order valence-electron chi connectivity index (χ4n) is 0.653. The molecule has 0 spiro atoms. The standard InChI is InChI=1S/C10H11Br2Cl3/c1-3-10(2,15)8(14)5-4-7(6-13)9(11)12/h3-6,8-9H,1H2,2H3. The van der Waals surface area contributed by atoms with Gasteiger partial charge in [-0.25, -0.2) is 0 Å². The molecule has 2 atom stereocenters. The van der Waals surface area contributed by atoms with Crippen molar-refractivity contribution in [2.24, 2.45) is 0 Å². The first-order chi connectivity index (χ1) is 6.85. The summed E-state index contributed by atoms with van der Waals surface area (Å²) in [5, 5.41) is -0.345. The molecule has 0 heterocycles. The van der Waals surface area contributed by atoms with Crippen LogP contribution in [0, 0.1) is 0 Å². The highest BCUT2D eigenvalue weighted by atomic mass is 79.9. The van der Waals surface area contributed by atoms with E-state index in [0.29, 0.717) is 0 Å². The van der Waals surface area contributed by atoms with Gasteiger partial charge in [0.05, 0.1) is 14.0 Å². The summed E-state index contributed by atoms with van der Waals surface area (Å²) >= 11 is 24.5. The van der Waals surface area contributed by atoms with Gasteiger partial charge in [-0.15, -0.1) is 29.8 Å². The van der Waals surface area contributed by atoms with Gasteiger partial charge in [0.25, 0.3) is 0 Å². The third-order valence-electron chi connectivity index (χ3n) is 1.77. The minimum atomic E-state index is -0.663. The molecule has 0 aromatic carbocycles. The van der Waals surface area contributed by atoms with Crippen LogP contribution in [-0.4, -0.2) is 14.0 Å².